The predicted molar refractivity (Wildman–Crippen MR) is 148 cm³/mol. The minimum absolute atomic E-state index is 0.0848. The molecule has 6 rings (SSSR count). The number of imidazole rings is 1. The number of anilines is 3. The number of aromatic nitrogens is 2. The number of halogens is 2. The quantitative estimate of drug-likeness (QED) is 0.321. The Kier molecular flexibility index (Phi) is 5.48. The molecule has 3 N–H and O–H groups in total. The number of fused-ring (bicyclic) bond motifs is 4. The number of nitrogen functional groups attached to an aromatic ring is 1. The summed E-state index contributed by atoms with van der Waals surface area (Å²) in [7, 11) is 1.53. The molecule has 1 atom stereocenters. The smallest absolute Gasteiger partial charge is 0.280 e. The molecule has 1 spiro atoms. The van der Waals surface area contributed by atoms with Crippen molar-refractivity contribution < 1.29 is 18.7 Å². The van der Waals surface area contributed by atoms with Crippen LogP contribution in [-0.2, 0) is 10.3 Å². The SMILES string of the molecule is COc1cc(N)ccc1-c1nc2c(n1C(C)C)C1(C(=O)Nc3cc(C)ccc31)N(c1cc(F)cc(Cl)c1)C2=O. The molecule has 39 heavy (non-hydrogen) atoms. The minimum atomic E-state index is -1.66. The van der Waals surface area contributed by atoms with Crippen LogP contribution in [0.2, 0.25) is 5.02 Å². The lowest BCUT2D eigenvalue weighted by Crippen LogP contribution is -2.51. The number of amides is 2. The van der Waals surface area contributed by atoms with Gasteiger partial charge in [-0.2, -0.15) is 0 Å². The summed E-state index contributed by atoms with van der Waals surface area (Å²) in [4.78, 5) is 34.6. The highest BCUT2D eigenvalue weighted by Crippen LogP contribution is 2.54. The molecule has 0 aliphatic carbocycles. The van der Waals surface area contributed by atoms with Crippen molar-refractivity contribution in [1.29, 1.82) is 0 Å². The van der Waals surface area contributed by atoms with E-state index in [0.717, 1.165) is 11.6 Å². The number of nitrogens with zero attached hydrogens (tertiary/aromatic N) is 3. The van der Waals surface area contributed by atoms with Gasteiger partial charge in [-0.05, 0) is 62.7 Å². The van der Waals surface area contributed by atoms with Gasteiger partial charge < -0.3 is 20.4 Å². The maximum absolute atomic E-state index is 14.6. The highest BCUT2D eigenvalue weighted by atomic mass is 35.5. The number of hydrogen-bond acceptors (Lipinski definition) is 5. The first-order valence-corrected chi connectivity index (χ1v) is 12.8. The maximum atomic E-state index is 14.6. The van der Waals surface area contributed by atoms with E-state index in [0.29, 0.717) is 39.8 Å². The number of hydrogen-bond donors (Lipinski definition) is 2. The number of nitrogens with two attached hydrogens (primary N) is 1. The summed E-state index contributed by atoms with van der Waals surface area (Å²) in [6.07, 6.45) is 0. The topological polar surface area (TPSA) is 102 Å². The van der Waals surface area contributed by atoms with Crippen molar-refractivity contribution in [3.8, 4) is 17.1 Å². The summed E-state index contributed by atoms with van der Waals surface area (Å²) in [5, 5.41) is 3.06. The lowest BCUT2D eigenvalue weighted by molar-refractivity contribution is -0.119. The second kappa shape index (κ2) is 8.57. The van der Waals surface area contributed by atoms with Gasteiger partial charge in [-0.1, -0.05) is 23.7 Å². The van der Waals surface area contributed by atoms with Gasteiger partial charge in [0, 0.05) is 34.1 Å². The summed E-state index contributed by atoms with van der Waals surface area (Å²) in [6, 6.07) is 14.3. The number of rotatable bonds is 4. The summed E-state index contributed by atoms with van der Waals surface area (Å²) in [5.41, 5.74) is 8.12. The Hall–Kier alpha value is -4.37. The van der Waals surface area contributed by atoms with Gasteiger partial charge in [-0.25, -0.2) is 9.37 Å². The molecule has 0 saturated carbocycles. The highest BCUT2D eigenvalue weighted by Gasteiger charge is 2.64. The molecule has 10 heteroatoms. The molecule has 4 aromatic rings. The van der Waals surface area contributed by atoms with Crippen LogP contribution in [0.3, 0.4) is 0 Å². The Bertz CT molecular complexity index is 1700. The molecule has 0 fully saturated rings. The Morgan fingerprint density at radius 2 is 1.87 bits per heavy atom. The number of ether oxygens (including phenoxy) is 1. The van der Waals surface area contributed by atoms with Crippen LogP contribution < -0.4 is 20.7 Å². The molecule has 2 aliphatic rings. The van der Waals surface area contributed by atoms with E-state index >= 15 is 0 Å². The number of benzene rings is 3. The third-order valence-corrected chi connectivity index (χ3v) is 7.44. The Morgan fingerprint density at radius 3 is 2.56 bits per heavy atom. The monoisotopic (exact) mass is 545 g/mol. The van der Waals surface area contributed by atoms with Crippen LogP contribution >= 0.6 is 11.6 Å². The summed E-state index contributed by atoms with van der Waals surface area (Å²) in [5.74, 6) is -0.710. The van der Waals surface area contributed by atoms with E-state index in [2.05, 4.69) is 5.32 Å². The molecule has 2 aliphatic heterocycles. The molecule has 0 radical (unpaired) electrons. The van der Waals surface area contributed by atoms with E-state index in [1.165, 1.54) is 24.1 Å². The first-order valence-electron chi connectivity index (χ1n) is 12.4. The fraction of sp³-hybridized carbons (Fsp3) is 0.207. The molecule has 3 aromatic carbocycles. The average Bonchev–Trinajstić information content (AvgIpc) is 3.47. The van der Waals surface area contributed by atoms with Crippen molar-refractivity contribution in [3.63, 3.8) is 0 Å². The largest absolute Gasteiger partial charge is 0.496 e. The number of nitrogens with one attached hydrogen (secondary N) is 1. The molecule has 1 aromatic heterocycles. The van der Waals surface area contributed by atoms with Crippen LogP contribution in [0, 0.1) is 12.7 Å². The van der Waals surface area contributed by atoms with Gasteiger partial charge in [0.25, 0.3) is 11.8 Å². The Balaban J connectivity index is 1.73. The summed E-state index contributed by atoms with van der Waals surface area (Å²) in [6.45, 7) is 5.80. The molecule has 0 saturated heterocycles. The molecular formula is C29H25ClFN5O3. The Labute approximate surface area is 229 Å². The van der Waals surface area contributed by atoms with Crippen molar-refractivity contribution in [1.82, 2.24) is 9.55 Å². The van der Waals surface area contributed by atoms with Gasteiger partial charge >= 0.3 is 0 Å². The lowest BCUT2D eigenvalue weighted by Gasteiger charge is -2.36. The van der Waals surface area contributed by atoms with Crippen LogP contribution in [0.5, 0.6) is 5.75 Å². The molecule has 3 heterocycles. The van der Waals surface area contributed by atoms with Gasteiger partial charge in [0.05, 0.1) is 24.1 Å². The lowest BCUT2D eigenvalue weighted by atomic mass is 9.86. The van der Waals surface area contributed by atoms with E-state index in [1.54, 1.807) is 18.2 Å². The Morgan fingerprint density at radius 1 is 1.10 bits per heavy atom. The zero-order valence-corrected chi connectivity index (χ0v) is 22.4. The number of aryl methyl sites for hydroxylation is 1. The molecule has 0 bridgehead atoms. The molecule has 2 amide bonds. The molecule has 1 unspecified atom stereocenters. The van der Waals surface area contributed by atoms with E-state index in [4.69, 9.17) is 27.1 Å². The van der Waals surface area contributed by atoms with Crippen LogP contribution in [0.25, 0.3) is 11.4 Å². The van der Waals surface area contributed by atoms with Gasteiger partial charge in [-0.15, -0.1) is 0 Å². The third-order valence-electron chi connectivity index (χ3n) is 7.22. The first kappa shape index (κ1) is 24.9. The predicted octanol–water partition coefficient (Wildman–Crippen LogP) is 5.68. The average molecular weight is 546 g/mol. The van der Waals surface area contributed by atoms with Crippen LogP contribution in [0.4, 0.5) is 21.5 Å². The third kappa shape index (κ3) is 3.39. The maximum Gasteiger partial charge on any atom is 0.280 e. The zero-order chi connectivity index (χ0) is 27.8. The van der Waals surface area contributed by atoms with Crippen LogP contribution in [0.15, 0.2) is 54.6 Å². The zero-order valence-electron chi connectivity index (χ0n) is 21.7. The van der Waals surface area contributed by atoms with Gasteiger partial charge in [0.1, 0.15) is 17.4 Å². The van der Waals surface area contributed by atoms with E-state index in [9.17, 15) is 14.0 Å². The van der Waals surface area contributed by atoms with Gasteiger partial charge in [0.15, 0.2) is 11.2 Å². The normalized spacial score (nSPS) is 17.7. The fourth-order valence-electron chi connectivity index (χ4n) is 5.73. The van der Waals surface area contributed by atoms with Crippen LogP contribution in [-0.4, -0.2) is 28.5 Å². The van der Waals surface area contributed by atoms with E-state index in [1.807, 2.05) is 43.5 Å². The first-order chi connectivity index (χ1) is 18.6. The number of methoxy groups -OCH3 is 1. The van der Waals surface area contributed by atoms with E-state index < -0.39 is 23.2 Å². The summed E-state index contributed by atoms with van der Waals surface area (Å²) >= 11 is 6.22. The van der Waals surface area contributed by atoms with Crippen molar-refractivity contribution >= 4 is 40.5 Å². The molecular weight excluding hydrogens is 521 g/mol. The second-order valence-electron chi connectivity index (χ2n) is 10.0. The van der Waals surface area contributed by atoms with Crippen molar-refractivity contribution in [2.24, 2.45) is 0 Å². The standard InChI is InChI=1S/C29H25ClFN5O3/c1-14(2)35-25-24(34-26(35)20-7-6-18(32)13-23(20)39-4)27(37)36(19-11-16(30)10-17(31)12-19)29(25)21-8-5-15(3)9-22(21)33-28(29)38/h5-14H,32H2,1-4H3,(H,33,38). The van der Waals surface area contributed by atoms with Crippen molar-refractivity contribution in [2.75, 3.05) is 23.1 Å². The number of carbonyl (C=O) groups excluding carboxylic acids is 2. The highest BCUT2D eigenvalue weighted by molar-refractivity contribution is 6.31. The van der Waals surface area contributed by atoms with Crippen LogP contribution in [0.1, 0.15) is 47.2 Å². The minimum Gasteiger partial charge on any atom is -0.496 e. The van der Waals surface area contributed by atoms with Gasteiger partial charge in [0.2, 0.25) is 0 Å². The van der Waals surface area contributed by atoms with Crippen molar-refractivity contribution in [2.45, 2.75) is 32.4 Å². The number of carbonyl (C=O) groups is 2. The summed E-state index contributed by atoms with van der Waals surface area (Å²) < 4.78 is 22.1. The van der Waals surface area contributed by atoms with Crippen molar-refractivity contribution in [3.05, 3.63) is 88.0 Å². The molecule has 198 valence electrons. The van der Waals surface area contributed by atoms with E-state index in [-0.39, 0.29) is 22.4 Å². The molecule has 8 nitrogen and oxygen atoms in total. The second-order valence-corrected chi connectivity index (χ2v) is 10.5. The fourth-order valence-corrected chi connectivity index (χ4v) is 5.94. The van der Waals surface area contributed by atoms with Gasteiger partial charge in [-0.3, -0.25) is 14.5 Å².